The van der Waals surface area contributed by atoms with Crippen LogP contribution in [0.2, 0.25) is 0 Å². The Hall–Kier alpha value is -1.43. The number of rotatable bonds is 7. The maximum Gasteiger partial charge on any atom is 0.226 e. The fourth-order valence-electron chi connectivity index (χ4n) is 1.40. The van der Waals surface area contributed by atoms with Crippen molar-refractivity contribution in [2.24, 2.45) is 0 Å². The molecule has 1 aromatic rings. The van der Waals surface area contributed by atoms with Gasteiger partial charge in [0.2, 0.25) is 11.8 Å². The van der Waals surface area contributed by atoms with Crippen molar-refractivity contribution < 1.29 is 14.4 Å². The van der Waals surface area contributed by atoms with Crippen LogP contribution in [0, 0.1) is 0 Å². The van der Waals surface area contributed by atoms with Gasteiger partial charge in [0, 0.05) is 24.8 Å². The van der Waals surface area contributed by atoms with Gasteiger partial charge < -0.3 is 14.9 Å². The first-order valence-electron chi connectivity index (χ1n) is 6.25. The number of carbonyl (C=O) groups is 1. The summed E-state index contributed by atoms with van der Waals surface area (Å²) in [5.41, 5.74) is 0. The summed E-state index contributed by atoms with van der Waals surface area (Å²) in [6, 6.07) is -0.201. The predicted octanol–water partition coefficient (Wildman–Crippen LogP) is 1.01. The molecule has 0 spiro atoms. The number of aliphatic hydroxyl groups excluding tert-OH is 1. The molecule has 1 rings (SSSR count). The van der Waals surface area contributed by atoms with E-state index in [1.54, 1.807) is 6.92 Å². The topological polar surface area (TPSA) is 88.2 Å². The van der Waals surface area contributed by atoms with Crippen LogP contribution >= 0.6 is 0 Å². The Morgan fingerprint density at radius 3 is 2.72 bits per heavy atom. The van der Waals surface area contributed by atoms with E-state index in [1.165, 1.54) is 0 Å². The average molecular weight is 255 g/mol. The van der Waals surface area contributed by atoms with Gasteiger partial charge in [-0.3, -0.25) is 4.79 Å². The van der Waals surface area contributed by atoms with Crippen molar-refractivity contribution in [1.82, 2.24) is 15.5 Å². The normalized spacial score (nSPS) is 12.7. The van der Waals surface area contributed by atoms with Crippen molar-refractivity contribution in [3.63, 3.8) is 0 Å². The summed E-state index contributed by atoms with van der Waals surface area (Å²) < 4.78 is 5.08. The number of nitrogens with zero attached hydrogens (tertiary/aromatic N) is 2. The van der Waals surface area contributed by atoms with Gasteiger partial charge in [0.25, 0.3) is 0 Å². The van der Waals surface area contributed by atoms with Crippen LogP contribution < -0.4 is 5.32 Å². The molecule has 1 amide bonds. The smallest absolute Gasteiger partial charge is 0.226 e. The number of aliphatic hydroxyl groups is 1. The number of hydrogen-bond donors (Lipinski definition) is 2. The lowest BCUT2D eigenvalue weighted by molar-refractivity contribution is -0.122. The molecule has 102 valence electrons. The first kappa shape index (κ1) is 14.6. The number of aryl methyl sites for hydroxylation is 1. The Balaban J connectivity index is 2.26. The van der Waals surface area contributed by atoms with Crippen molar-refractivity contribution in [1.29, 1.82) is 0 Å². The molecule has 18 heavy (non-hydrogen) atoms. The minimum atomic E-state index is -0.201. The Kier molecular flexibility index (Phi) is 5.77. The van der Waals surface area contributed by atoms with Crippen molar-refractivity contribution in [3.8, 4) is 0 Å². The summed E-state index contributed by atoms with van der Waals surface area (Å²) in [5, 5.41) is 15.3. The standard InChI is InChI=1S/C12H21N3O3/c1-8(2)12-14-11(18-15-12)6-4-5-10(17)13-9(3)7-16/h8-9,16H,4-7H2,1-3H3,(H,13,17). The summed E-state index contributed by atoms with van der Waals surface area (Å²) in [6.45, 7) is 5.70. The first-order valence-corrected chi connectivity index (χ1v) is 6.25. The van der Waals surface area contributed by atoms with Gasteiger partial charge in [-0.25, -0.2) is 0 Å². The quantitative estimate of drug-likeness (QED) is 0.759. The van der Waals surface area contributed by atoms with Crippen LogP contribution in [0.1, 0.15) is 51.2 Å². The Labute approximate surface area is 107 Å². The van der Waals surface area contributed by atoms with E-state index in [2.05, 4.69) is 15.5 Å². The largest absolute Gasteiger partial charge is 0.394 e. The summed E-state index contributed by atoms with van der Waals surface area (Å²) in [7, 11) is 0. The van der Waals surface area contributed by atoms with E-state index in [9.17, 15) is 4.79 Å². The molecule has 0 aliphatic rings. The molecular formula is C12H21N3O3. The Morgan fingerprint density at radius 1 is 1.44 bits per heavy atom. The molecule has 6 nitrogen and oxygen atoms in total. The highest BCUT2D eigenvalue weighted by atomic mass is 16.5. The van der Waals surface area contributed by atoms with E-state index in [1.807, 2.05) is 13.8 Å². The van der Waals surface area contributed by atoms with Crippen molar-refractivity contribution in [3.05, 3.63) is 11.7 Å². The lowest BCUT2D eigenvalue weighted by atomic mass is 10.2. The molecule has 0 aromatic carbocycles. The molecule has 1 unspecified atom stereocenters. The molecule has 6 heteroatoms. The second-order valence-electron chi connectivity index (χ2n) is 4.71. The first-order chi connectivity index (χ1) is 8.52. The van der Waals surface area contributed by atoms with Crippen LogP contribution in [0.3, 0.4) is 0 Å². The lowest BCUT2D eigenvalue weighted by Gasteiger charge is -2.09. The van der Waals surface area contributed by atoms with Gasteiger partial charge in [-0.2, -0.15) is 4.98 Å². The fraction of sp³-hybridized carbons (Fsp3) is 0.750. The second-order valence-corrected chi connectivity index (χ2v) is 4.71. The third-order valence-electron chi connectivity index (χ3n) is 2.48. The maximum atomic E-state index is 11.4. The number of aromatic nitrogens is 2. The predicted molar refractivity (Wildman–Crippen MR) is 66.0 cm³/mol. The zero-order chi connectivity index (χ0) is 13.5. The molecule has 0 saturated heterocycles. The summed E-state index contributed by atoms with van der Waals surface area (Å²) in [4.78, 5) is 15.7. The highest BCUT2D eigenvalue weighted by Gasteiger charge is 2.11. The minimum absolute atomic E-state index is 0.0485. The van der Waals surface area contributed by atoms with Gasteiger partial charge >= 0.3 is 0 Å². The fourth-order valence-corrected chi connectivity index (χ4v) is 1.40. The van der Waals surface area contributed by atoms with Crippen LogP contribution in [0.5, 0.6) is 0 Å². The molecule has 0 bridgehead atoms. The molecule has 1 atom stereocenters. The monoisotopic (exact) mass is 255 g/mol. The highest BCUT2D eigenvalue weighted by molar-refractivity contribution is 5.76. The molecule has 2 N–H and O–H groups in total. The van der Waals surface area contributed by atoms with Gasteiger partial charge in [0.15, 0.2) is 5.82 Å². The van der Waals surface area contributed by atoms with Gasteiger partial charge in [0.1, 0.15) is 0 Å². The zero-order valence-corrected chi connectivity index (χ0v) is 11.1. The highest BCUT2D eigenvalue weighted by Crippen LogP contribution is 2.11. The van der Waals surface area contributed by atoms with E-state index in [0.29, 0.717) is 31.0 Å². The third kappa shape index (κ3) is 4.83. The molecule has 0 aliphatic heterocycles. The van der Waals surface area contributed by atoms with Gasteiger partial charge in [-0.05, 0) is 13.3 Å². The number of nitrogens with one attached hydrogen (secondary N) is 1. The van der Waals surface area contributed by atoms with E-state index < -0.39 is 0 Å². The second kappa shape index (κ2) is 7.10. The van der Waals surface area contributed by atoms with E-state index in [0.717, 1.165) is 0 Å². The van der Waals surface area contributed by atoms with Gasteiger partial charge in [-0.15, -0.1) is 0 Å². The van der Waals surface area contributed by atoms with E-state index in [-0.39, 0.29) is 24.5 Å². The van der Waals surface area contributed by atoms with Gasteiger partial charge in [0.05, 0.1) is 6.61 Å². The summed E-state index contributed by atoms with van der Waals surface area (Å²) in [6.07, 6.45) is 1.65. The molecular weight excluding hydrogens is 234 g/mol. The Bertz CT molecular complexity index is 376. The maximum absolute atomic E-state index is 11.4. The summed E-state index contributed by atoms with van der Waals surface area (Å²) >= 11 is 0. The van der Waals surface area contributed by atoms with Crippen molar-refractivity contribution in [2.75, 3.05) is 6.61 Å². The average Bonchev–Trinajstić information content (AvgIpc) is 2.77. The van der Waals surface area contributed by atoms with Crippen LogP contribution in [-0.4, -0.2) is 33.8 Å². The van der Waals surface area contributed by atoms with Crippen LogP contribution in [-0.2, 0) is 11.2 Å². The molecule has 0 fully saturated rings. The van der Waals surface area contributed by atoms with Crippen LogP contribution in [0.25, 0.3) is 0 Å². The van der Waals surface area contributed by atoms with Crippen molar-refractivity contribution in [2.45, 2.75) is 52.0 Å². The van der Waals surface area contributed by atoms with E-state index in [4.69, 9.17) is 9.63 Å². The third-order valence-corrected chi connectivity index (χ3v) is 2.48. The SMILES string of the molecule is CC(CO)NC(=O)CCCc1nc(C(C)C)no1. The lowest BCUT2D eigenvalue weighted by Crippen LogP contribution is -2.34. The summed E-state index contributed by atoms with van der Waals surface area (Å²) in [5.74, 6) is 1.45. The molecule has 1 aromatic heterocycles. The van der Waals surface area contributed by atoms with Crippen LogP contribution in [0.15, 0.2) is 4.52 Å². The number of carbonyl (C=O) groups excluding carboxylic acids is 1. The van der Waals surface area contributed by atoms with Gasteiger partial charge in [-0.1, -0.05) is 19.0 Å². The number of amides is 1. The van der Waals surface area contributed by atoms with Crippen molar-refractivity contribution >= 4 is 5.91 Å². The number of hydrogen-bond acceptors (Lipinski definition) is 5. The Morgan fingerprint density at radius 2 is 2.17 bits per heavy atom. The molecule has 0 radical (unpaired) electrons. The molecule has 0 saturated carbocycles. The molecule has 0 aliphatic carbocycles. The molecule has 1 heterocycles. The zero-order valence-electron chi connectivity index (χ0n) is 11.1. The van der Waals surface area contributed by atoms with E-state index >= 15 is 0 Å². The van der Waals surface area contributed by atoms with Crippen LogP contribution in [0.4, 0.5) is 0 Å². The minimum Gasteiger partial charge on any atom is -0.394 e.